The second-order valence-electron chi connectivity index (χ2n) is 3.56. The van der Waals surface area contributed by atoms with Crippen molar-refractivity contribution in [1.29, 1.82) is 0 Å². The van der Waals surface area contributed by atoms with Crippen molar-refractivity contribution >= 4 is 28.5 Å². The van der Waals surface area contributed by atoms with Crippen LogP contribution < -0.4 is 10.6 Å². The Labute approximate surface area is 107 Å². The number of carbonyl (C=O) groups is 2. The number of anilines is 1. The molecule has 0 radical (unpaired) electrons. The smallest absolute Gasteiger partial charge is 0.322 e. The lowest BCUT2D eigenvalue weighted by molar-refractivity contribution is 0.0565. The minimum atomic E-state index is -0.374. The summed E-state index contributed by atoms with van der Waals surface area (Å²) in [6.07, 6.45) is 0. The van der Waals surface area contributed by atoms with Gasteiger partial charge in [0.15, 0.2) is 10.7 Å². The van der Waals surface area contributed by atoms with Crippen LogP contribution >= 0.6 is 11.5 Å². The number of urea groups is 1. The highest BCUT2D eigenvalue weighted by Gasteiger charge is 2.21. The van der Waals surface area contributed by atoms with Crippen LogP contribution in [-0.4, -0.2) is 59.8 Å². The fourth-order valence-electron chi connectivity index (χ4n) is 1.48. The fourth-order valence-corrected chi connectivity index (χ4v) is 2.04. The number of nitrogens with one attached hydrogen (secondary N) is 2. The zero-order valence-corrected chi connectivity index (χ0v) is 10.6. The van der Waals surface area contributed by atoms with Crippen LogP contribution in [0.3, 0.4) is 0 Å². The molecule has 18 heavy (non-hydrogen) atoms. The molecule has 2 N–H and O–H groups in total. The molecule has 0 saturated carbocycles. The average Bonchev–Trinajstić information content (AvgIpc) is 2.87. The number of hydrogen-bond acceptors (Lipinski definition) is 6. The first-order chi connectivity index (χ1) is 8.72. The van der Waals surface area contributed by atoms with Gasteiger partial charge in [-0.2, -0.15) is 0 Å². The summed E-state index contributed by atoms with van der Waals surface area (Å²) in [6.45, 7) is 2.12. The van der Waals surface area contributed by atoms with E-state index in [9.17, 15) is 9.59 Å². The standard InChI is InChI=1S/C9H13N5O3S/c1-10-7(15)6-8(18-13-12-6)11-9(16)14-2-4-17-5-3-14/h2-5H2,1H3,(H,10,15)(H,11,16). The predicted octanol–water partition coefficient (Wildman–Crippen LogP) is -0.238. The zero-order chi connectivity index (χ0) is 13.0. The number of aromatic nitrogens is 2. The molecule has 1 aliphatic rings. The van der Waals surface area contributed by atoms with Crippen molar-refractivity contribution in [2.75, 3.05) is 38.7 Å². The number of carbonyl (C=O) groups excluding carboxylic acids is 2. The largest absolute Gasteiger partial charge is 0.378 e. The van der Waals surface area contributed by atoms with Crippen LogP contribution in [0.4, 0.5) is 9.80 Å². The van der Waals surface area contributed by atoms with Crippen LogP contribution in [0.2, 0.25) is 0 Å². The molecule has 1 fully saturated rings. The molecular weight excluding hydrogens is 258 g/mol. The average molecular weight is 271 g/mol. The maximum Gasteiger partial charge on any atom is 0.322 e. The molecular formula is C9H13N5O3S. The van der Waals surface area contributed by atoms with Gasteiger partial charge in [0.2, 0.25) is 0 Å². The maximum atomic E-state index is 11.9. The van der Waals surface area contributed by atoms with Gasteiger partial charge in [-0.05, 0) is 0 Å². The first-order valence-electron chi connectivity index (χ1n) is 5.40. The van der Waals surface area contributed by atoms with E-state index in [0.717, 1.165) is 11.5 Å². The highest BCUT2D eigenvalue weighted by Crippen LogP contribution is 2.18. The van der Waals surface area contributed by atoms with Gasteiger partial charge in [-0.25, -0.2) is 4.79 Å². The van der Waals surface area contributed by atoms with Crippen LogP contribution in [0.5, 0.6) is 0 Å². The molecule has 1 aliphatic heterocycles. The molecule has 98 valence electrons. The van der Waals surface area contributed by atoms with Gasteiger partial charge in [0, 0.05) is 31.7 Å². The van der Waals surface area contributed by atoms with E-state index in [-0.39, 0.29) is 17.6 Å². The van der Waals surface area contributed by atoms with Crippen molar-refractivity contribution in [1.82, 2.24) is 19.8 Å². The Morgan fingerprint density at radius 3 is 2.78 bits per heavy atom. The van der Waals surface area contributed by atoms with Gasteiger partial charge in [-0.1, -0.05) is 4.49 Å². The van der Waals surface area contributed by atoms with E-state index < -0.39 is 0 Å². The molecule has 1 aromatic rings. The van der Waals surface area contributed by atoms with Crippen molar-refractivity contribution in [3.8, 4) is 0 Å². The Kier molecular flexibility index (Phi) is 4.05. The van der Waals surface area contributed by atoms with Crippen LogP contribution in [-0.2, 0) is 4.74 Å². The molecule has 0 atom stereocenters. The Hall–Kier alpha value is -1.74. The van der Waals surface area contributed by atoms with Gasteiger partial charge >= 0.3 is 6.03 Å². The number of rotatable bonds is 2. The van der Waals surface area contributed by atoms with E-state index >= 15 is 0 Å². The molecule has 9 heteroatoms. The molecule has 0 spiro atoms. The maximum absolute atomic E-state index is 11.9. The van der Waals surface area contributed by atoms with Gasteiger partial charge < -0.3 is 15.0 Å². The third kappa shape index (κ3) is 2.74. The van der Waals surface area contributed by atoms with E-state index in [1.54, 1.807) is 4.90 Å². The van der Waals surface area contributed by atoms with Gasteiger partial charge in [0.05, 0.1) is 13.2 Å². The van der Waals surface area contributed by atoms with Crippen molar-refractivity contribution in [2.24, 2.45) is 0 Å². The molecule has 2 rings (SSSR count). The summed E-state index contributed by atoms with van der Waals surface area (Å²) in [4.78, 5) is 25.0. The second-order valence-corrected chi connectivity index (χ2v) is 4.31. The molecule has 0 bridgehead atoms. The molecule has 1 saturated heterocycles. The third-order valence-corrected chi connectivity index (χ3v) is 3.09. The SMILES string of the molecule is CNC(=O)c1nnsc1NC(=O)N1CCOCC1. The van der Waals surface area contributed by atoms with Crippen LogP contribution in [0.25, 0.3) is 0 Å². The summed E-state index contributed by atoms with van der Waals surface area (Å²) in [7, 11) is 1.50. The van der Waals surface area contributed by atoms with E-state index in [1.165, 1.54) is 7.05 Å². The number of nitrogens with zero attached hydrogens (tertiary/aromatic N) is 3. The first-order valence-corrected chi connectivity index (χ1v) is 6.18. The summed E-state index contributed by atoms with van der Waals surface area (Å²) in [6, 6.07) is -0.269. The minimum absolute atomic E-state index is 0.129. The second kappa shape index (κ2) is 5.74. The molecule has 0 unspecified atom stereocenters. The number of hydrogen-bond donors (Lipinski definition) is 2. The van der Waals surface area contributed by atoms with Crippen molar-refractivity contribution < 1.29 is 14.3 Å². The van der Waals surface area contributed by atoms with Gasteiger partial charge in [-0.15, -0.1) is 5.10 Å². The van der Waals surface area contributed by atoms with E-state index in [4.69, 9.17) is 4.74 Å². The Balaban J connectivity index is 2.02. The summed E-state index contributed by atoms with van der Waals surface area (Å²) < 4.78 is 8.82. The lowest BCUT2D eigenvalue weighted by Crippen LogP contribution is -2.43. The molecule has 1 aromatic heterocycles. The summed E-state index contributed by atoms with van der Waals surface area (Å²) in [5.74, 6) is -0.374. The highest BCUT2D eigenvalue weighted by atomic mass is 32.1. The van der Waals surface area contributed by atoms with Gasteiger partial charge in [0.25, 0.3) is 5.91 Å². The van der Waals surface area contributed by atoms with Crippen LogP contribution in [0, 0.1) is 0 Å². The number of ether oxygens (including phenoxy) is 1. The molecule has 8 nitrogen and oxygen atoms in total. The van der Waals surface area contributed by atoms with Crippen molar-refractivity contribution in [2.45, 2.75) is 0 Å². The number of morpholine rings is 1. The summed E-state index contributed by atoms with van der Waals surface area (Å²) >= 11 is 0.974. The summed E-state index contributed by atoms with van der Waals surface area (Å²) in [5.41, 5.74) is 0.129. The lowest BCUT2D eigenvalue weighted by Gasteiger charge is -2.26. The lowest BCUT2D eigenvalue weighted by atomic mass is 10.4. The number of amides is 3. The third-order valence-electron chi connectivity index (χ3n) is 2.45. The molecule has 0 aliphatic carbocycles. The molecule has 2 heterocycles. The Morgan fingerprint density at radius 1 is 1.39 bits per heavy atom. The van der Waals surface area contributed by atoms with Crippen LogP contribution in [0.15, 0.2) is 0 Å². The minimum Gasteiger partial charge on any atom is -0.378 e. The first kappa shape index (κ1) is 12.7. The highest BCUT2D eigenvalue weighted by molar-refractivity contribution is 7.10. The van der Waals surface area contributed by atoms with Crippen LogP contribution in [0.1, 0.15) is 10.5 Å². The van der Waals surface area contributed by atoms with Crippen molar-refractivity contribution in [3.05, 3.63) is 5.69 Å². The van der Waals surface area contributed by atoms with Crippen molar-refractivity contribution in [3.63, 3.8) is 0 Å². The van der Waals surface area contributed by atoms with Gasteiger partial charge in [-0.3, -0.25) is 10.1 Å². The Morgan fingerprint density at radius 2 is 2.11 bits per heavy atom. The molecule has 0 aromatic carbocycles. The monoisotopic (exact) mass is 271 g/mol. The zero-order valence-electron chi connectivity index (χ0n) is 9.80. The quantitative estimate of drug-likeness (QED) is 0.774. The van der Waals surface area contributed by atoms with Gasteiger partial charge in [0.1, 0.15) is 0 Å². The molecule has 3 amide bonds. The van der Waals surface area contributed by atoms with E-state index in [2.05, 4.69) is 20.2 Å². The Bertz CT molecular complexity index is 443. The van der Waals surface area contributed by atoms with E-state index in [0.29, 0.717) is 31.3 Å². The fraction of sp³-hybridized carbons (Fsp3) is 0.556. The topological polar surface area (TPSA) is 96.4 Å². The normalized spacial score (nSPS) is 15.3. The van der Waals surface area contributed by atoms with E-state index in [1.807, 2.05) is 0 Å². The summed E-state index contributed by atoms with van der Waals surface area (Å²) in [5, 5.41) is 9.12. The predicted molar refractivity (Wildman–Crippen MR) is 64.7 cm³/mol.